The van der Waals surface area contributed by atoms with Crippen LogP contribution in [0.3, 0.4) is 0 Å². The molecule has 3 heterocycles. The Bertz CT molecular complexity index is 1580. The molecule has 3 aromatic carbocycles. The van der Waals surface area contributed by atoms with E-state index in [1.165, 1.54) is 22.3 Å². The van der Waals surface area contributed by atoms with E-state index in [1.807, 2.05) is 12.1 Å². The Hall–Kier alpha value is -3.78. The van der Waals surface area contributed by atoms with Crippen molar-refractivity contribution in [3.05, 3.63) is 113 Å². The van der Waals surface area contributed by atoms with Gasteiger partial charge >= 0.3 is 0 Å². The lowest BCUT2D eigenvalue weighted by Crippen LogP contribution is -2.33. The molecule has 0 radical (unpaired) electrons. The molecule has 0 spiro atoms. The van der Waals surface area contributed by atoms with Gasteiger partial charge < -0.3 is 33.2 Å². The van der Waals surface area contributed by atoms with Crippen LogP contribution in [0.15, 0.2) is 96.3 Å². The zero-order chi connectivity index (χ0) is 33.1. The van der Waals surface area contributed by atoms with Crippen LogP contribution in [0.5, 0.6) is 17.2 Å². The summed E-state index contributed by atoms with van der Waals surface area (Å²) in [5, 5.41) is 0. The molecular formula is C41H48O7. The van der Waals surface area contributed by atoms with E-state index in [2.05, 4.69) is 101 Å². The third-order valence-corrected chi connectivity index (χ3v) is 9.64. The molecule has 5 unspecified atom stereocenters. The summed E-state index contributed by atoms with van der Waals surface area (Å²) in [4.78, 5) is 0. The minimum atomic E-state index is -0.397. The van der Waals surface area contributed by atoms with E-state index in [9.17, 15) is 0 Å². The van der Waals surface area contributed by atoms with Crippen molar-refractivity contribution in [3.63, 3.8) is 0 Å². The van der Waals surface area contributed by atoms with Gasteiger partial charge in [0.2, 0.25) is 0 Å². The number of rotatable bonds is 15. The highest BCUT2D eigenvalue weighted by Crippen LogP contribution is 2.35. The maximum absolute atomic E-state index is 6.43. The quantitative estimate of drug-likeness (QED) is 0.156. The fourth-order valence-electron chi connectivity index (χ4n) is 6.48. The van der Waals surface area contributed by atoms with E-state index in [0.29, 0.717) is 25.7 Å². The number of hydrogen-bond donors (Lipinski definition) is 0. The Morgan fingerprint density at radius 1 is 0.708 bits per heavy atom. The van der Waals surface area contributed by atoms with Gasteiger partial charge in [-0.15, -0.1) is 0 Å². The van der Waals surface area contributed by atoms with Gasteiger partial charge in [0.15, 0.2) is 0 Å². The lowest BCUT2D eigenvalue weighted by atomic mass is 9.87. The van der Waals surface area contributed by atoms with Crippen LogP contribution in [0.1, 0.15) is 57.2 Å². The first-order valence-corrected chi connectivity index (χ1v) is 17.3. The number of epoxide rings is 2. The molecule has 1 aliphatic carbocycles. The lowest BCUT2D eigenvalue weighted by molar-refractivity contribution is 0.00363. The Morgan fingerprint density at radius 2 is 1.27 bits per heavy atom. The zero-order valence-electron chi connectivity index (χ0n) is 28.6. The average Bonchev–Trinajstić information content (AvgIpc) is 4.01. The van der Waals surface area contributed by atoms with E-state index in [1.54, 1.807) is 0 Å². The number of benzene rings is 3. The van der Waals surface area contributed by atoms with Crippen molar-refractivity contribution in [2.45, 2.75) is 82.9 Å². The standard InChI is InChI=1S/C41H48O7/c1-28-19-36(47-40(2,3)39-26-45-39)18-11-32(28)21-31-7-14-33(15-8-31)42-23-37-22-41(4,27-46-37)48-35-16-9-30(10-17-35)20-29-5-12-34(13-6-29)43-24-38-25-44-38/h5-18,28,37-39H,19-27H2,1-4H3. The predicted octanol–water partition coefficient (Wildman–Crippen LogP) is 7.65. The van der Waals surface area contributed by atoms with Crippen molar-refractivity contribution in [2.75, 3.05) is 33.0 Å². The molecule has 0 aromatic heterocycles. The Morgan fingerprint density at radius 3 is 1.83 bits per heavy atom. The first-order valence-electron chi connectivity index (χ1n) is 17.3. The molecule has 7 heteroatoms. The van der Waals surface area contributed by atoms with E-state index in [-0.39, 0.29) is 23.9 Å². The third-order valence-electron chi connectivity index (χ3n) is 9.64. The Labute approximate surface area is 284 Å². The van der Waals surface area contributed by atoms with Gasteiger partial charge in [0.25, 0.3) is 0 Å². The maximum atomic E-state index is 6.43. The minimum Gasteiger partial charge on any atom is -0.491 e. The summed E-state index contributed by atoms with van der Waals surface area (Å²) < 4.78 is 41.4. The molecule has 3 fully saturated rings. The second kappa shape index (κ2) is 14.0. The zero-order valence-corrected chi connectivity index (χ0v) is 28.6. The number of allylic oxidation sites excluding steroid dienone is 4. The van der Waals surface area contributed by atoms with Gasteiger partial charge in [-0.1, -0.05) is 55.0 Å². The van der Waals surface area contributed by atoms with Crippen LogP contribution in [0.25, 0.3) is 0 Å². The van der Waals surface area contributed by atoms with Crippen LogP contribution < -0.4 is 14.2 Å². The molecule has 0 bridgehead atoms. The fraction of sp³-hybridized carbons (Fsp3) is 0.463. The highest BCUT2D eigenvalue weighted by Gasteiger charge is 2.42. The molecule has 3 aliphatic heterocycles. The molecule has 4 aliphatic rings. The maximum Gasteiger partial charge on any atom is 0.132 e. The van der Waals surface area contributed by atoms with Gasteiger partial charge in [0.05, 0.1) is 31.7 Å². The summed E-state index contributed by atoms with van der Waals surface area (Å²) in [7, 11) is 0. The second-order valence-electron chi connectivity index (χ2n) is 14.6. The third kappa shape index (κ3) is 8.81. The van der Waals surface area contributed by atoms with E-state index in [0.717, 1.165) is 61.9 Å². The molecule has 254 valence electrons. The normalized spacial score (nSPS) is 26.3. The van der Waals surface area contributed by atoms with Crippen molar-refractivity contribution >= 4 is 0 Å². The van der Waals surface area contributed by atoms with Gasteiger partial charge in [-0.2, -0.15) is 0 Å². The topological polar surface area (TPSA) is 71.2 Å². The fourth-order valence-corrected chi connectivity index (χ4v) is 6.48. The van der Waals surface area contributed by atoms with Gasteiger partial charge in [-0.25, -0.2) is 0 Å². The molecule has 0 saturated carbocycles. The number of hydrogen-bond acceptors (Lipinski definition) is 7. The molecule has 48 heavy (non-hydrogen) atoms. The summed E-state index contributed by atoms with van der Waals surface area (Å²) in [6.45, 7) is 11.8. The molecular weight excluding hydrogens is 604 g/mol. The predicted molar refractivity (Wildman–Crippen MR) is 185 cm³/mol. The summed E-state index contributed by atoms with van der Waals surface area (Å²) >= 11 is 0. The van der Waals surface area contributed by atoms with Crippen molar-refractivity contribution in [2.24, 2.45) is 5.92 Å². The molecule has 3 saturated heterocycles. The van der Waals surface area contributed by atoms with Crippen LogP contribution in [-0.4, -0.2) is 62.5 Å². The molecule has 0 N–H and O–H groups in total. The highest BCUT2D eigenvalue weighted by molar-refractivity contribution is 5.35. The summed E-state index contributed by atoms with van der Waals surface area (Å²) in [6, 6.07) is 25.1. The highest BCUT2D eigenvalue weighted by atomic mass is 16.6. The molecule has 0 amide bonds. The smallest absolute Gasteiger partial charge is 0.132 e. The molecule has 7 rings (SSSR count). The Balaban J connectivity index is 0.841. The van der Waals surface area contributed by atoms with Crippen LogP contribution in [0.2, 0.25) is 0 Å². The Kier molecular flexibility index (Phi) is 9.54. The van der Waals surface area contributed by atoms with Crippen molar-refractivity contribution in [1.82, 2.24) is 0 Å². The first-order chi connectivity index (χ1) is 23.2. The number of ether oxygens (including phenoxy) is 7. The van der Waals surface area contributed by atoms with E-state index < -0.39 is 5.60 Å². The van der Waals surface area contributed by atoms with Gasteiger partial charge in [0.1, 0.15) is 53.9 Å². The first kappa shape index (κ1) is 32.8. The monoisotopic (exact) mass is 652 g/mol. The van der Waals surface area contributed by atoms with Crippen LogP contribution in [0, 0.1) is 5.92 Å². The van der Waals surface area contributed by atoms with Crippen LogP contribution in [0.4, 0.5) is 0 Å². The van der Waals surface area contributed by atoms with Crippen molar-refractivity contribution in [3.8, 4) is 17.2 Å². The van der Waals surface area contributed by atoms with Crippen molar-refractivity contribution in [1.29, 1.82) is 0 Å². The summed E-state index contributed by atoms with van der Waals surface area (Å²) in [5.74, 6) is 4.07. The minimum absolute atomic E-state index is 0.0226. The van der Waals surface area contributed by atoms with Gasteiger partial charge in [-0.05, 0) is 98.7 Å². The van der Waals surface area contributed by atoms with E-state index in [4.69, 9.17) is 33.2 Å². The van der Waals surface area contributed by atoms with Crippen LogP contribution in [-0.2, 0) is 31.8 Å². The molecule has 7 nitrogen and oxygen atoms in total. The van der Waals surface area contributed by atoms with Gasteiger partial charge in [0, 0.05) is 12.8 Å². The lowest BCUT2D eigenvalue weighted by Gasteiger charge is -2.30. The van der Waals surface area contributed by atoms with E-state index >= 15 is 0 Å². The van der Waals surface area contributed by atoms with Gasteiger partial charge in [-0.3, -0.25) is 0 Å². The van der Waals surface area contributed by atoms with Crippen LogP contribution >= 0.6 is 0 Å². The SMILES string of the molecule is CC1CC(OC(C)(C)C2CO2)=CC=C1Cc1ccc(OCC2CC(C)(Oc3ccc(Cc4ccc(OCC5CO5)cc4)cc3)CO2)cc1. The second-order valence-corrected chi connectivity index (χ2v) is 14.6. The average molecular weight is 653 g/mol. The molecule has 3 aromatic rings. The van der Waals surface area contributed by atoms with Crippen molar-refractivity contribution < 1.29 is 33.2 Å². The largest absolute Gasteiger partial charge is 0.491 e. The summed E-state index contributed by atoms with van der Waals surface area (Å²) in [6.07, 6.45) is 8.27. The molecule has 5 atom stereocenters. The summed E-state index contributed by atoms with van der Waals surface area (Å²) in [5.41, 5.74) is 4.50.